The fraction of sp³-hybridized carbons (Fsp3) is 0.125. The number of sulfonamides is 1. The highest BCUT2D eigenvalue weighted by atomic mass is 32.2. The molecule has 2 aromatic heterocycles. The van der Waals surface area contributed by atoms with E-state index in [4.69, 9.17) is 9.15 Å². The van der Waals surface area contributed by atoms with Gasteiger partial charge in [-0.1, -0.05) is 18.2 Å². The number of nitrogens with one attached hydrogen (secondary N) is 1. The Labute approximate surface area is 190 Å². The standard InChI is InChI=1S/C24H20N2O6S/c1-15(23(27)16-9-11-17(12-10-16)26-33(2,29)30)32-24(28)19-14-21(22-8-5-13-31-22)25-20-7-4-3-6-18(19)20/h3-15,26H,1-2H3. The maximum absolute atomic E-state index is 13.0. The van der Waals surface area contributed by atoms with Crippen LogP contribution < -0.4 is 4.72 Å². The molecule has 168 valence electrons. The van der Waals surface area contributed by atoms with Gasteiger partial charge in [-0.3, -0.25) is 9.52 Å². The van der Waals surface area contributed by atoms with Crippen LogP contribution in [0.1, 0.15) is 27.6 Å². The lowest BCUT2D eigenvalue weighted by Gasteiger charge is -2.14. The van der Waals surface area contributed by atoms with Gasteiger partial charge in [-0.2, -0.15) is 0 Å². The van der Waals surface area contributed by atoms with Gasteiger partial charge in [0.05, 0.1) is 23.6 Å². The second kappa shape index (κ2) is 8.87. The molecular formula is C24H20N2O6S. The lowest BCUT2D eigenvalue weighted by Crippen LogP contribution is -2.24. The van der Waals surface area contributed by atoms with E-state index in [2.05, 4.69) is 9.71 Å². The van der Waals surface area contributed by atoms with E-state index >= 15 is 0 Å². The molecule has 1 N–H and O–H groups in total. The molecule has 1 unspecified atom stereocenters. The zero-order chi connectivity index (χ0) is 23.6. The van der Waals surface area contributed by atoms with Gasteiger partial charge in [-0.25, -0.2) is 18.2 Å². The van der Waals surface area contributed by atoms with E-state index in [-0.39, 0.29) is 11.1 Å². The number of benzene rings is 2. The van der Waals surface area contributed by atoms with Crippen molar-refractivity contribution >= 4 is 38.4 Å². The van der Waals surface area contributed by atoms with Gasteiger partial charge < -0.3 is 9.15 Å². The Balaban J connectivity index is 1.57. The summed E-state index contributed by atoms with van der Waals surface area (Å²) in [6.45, 7) is 1.49. The number of Topliss-reactive ketones (excluding diaryl/α,β-unsaturated/α-hetero) is 1. The van der Waals surface area contributed by atoms with Crippen molar-refractivity contribution in [2.75, 3.05) is 11.0 Å². The molecule has 4 rings (SSSR count). The minimum atomic E-state index is -3.43. The Morgan fingerprint density at radius 2 is 1.76 bits per heavy atom. The molecule has 0 amide bonds. The molecule has 9 heteroatoms. The van der Waals surface area contributed by atoms with Crippen LogP contribution in [0.3, 0.4) is 0 Å². The summed E-state index contributed by atoms with van der Waals surface area (Å²) in [6, 6.07) is 18.0. The van der Waals surface area contributed by atoms with Crippen molar-refractivity contribution in [2.24, 2.45) is 0 Å². The maximum atomic E-state index is 13.0. The third-order valence-electron chi connectivity index (χ3n) is 4.84. The first-order valence-electron chi connectivity index (χ1n) is 9.98. The van der Waals surface area contributed by atoms with E-state index < -0.39 is 27.9 Å². The molecule has 0 saturated heterocycles. The third kappa shape index (κ3) is 5.09. The van der Waals surface area contributed by atoms with Gasteiger partial charge in [0, 0.05) is 16.6 Å². The number of nitrogens with zero attached hydrogens (tertiary/aromatic N) is 1. The molecular weight excluding hydrogens is 444 g/mol. The fourth-order valence-corrected chi connectivity index (χ4v) is 3.89. The van der Waals surface area contributed by atoms with Gasteiger partial charge in [0.25, 0.3) is 0 Å². The van der Waals surface area contributed by atoms with Crippen LogP contribution in [-0.2, 0) is 14.8 Å². The van der Waals surface area contributed by atoms with Crippen molar-refractivity contribution in [2.45, 2.75) is 13.0 Å². The number of rotatable bonds is 7. The van der Waals surface area contributed by atoms with E-state index in [1.54, 1.807) is 36.4 Å². The van der Waals surface area contributed by atoms with E-state index in [9.17, 15) is 18.0 Å². The predicted octanol–water partition coefficient (Wildman–Crippen LogP) is 4.29. The fourth-order valence-electron chi connectivity index (χ4n) is 3.32. The number of ether oxygens (including phenoxy) is 1. The normalized spacial score (nSPS) is 12.3. The number of carbonyl (C=O) groups is 2. The number of fused-ring (bicyclic) bond motifs is 1. The molecule has 0 aliphatic heterocycles. The summed E-state index contributed by atoms with van der Waals surface area (Å²) in [6.07, 6.45) is 1.49. The minimum absolute atomic E-state index is 0.263. The number of carbonyl (C=O) groups excluding carboxylic acids is 2. The molecule has 8 nitrogen and oxygen atoms in total. The molecule has 33 heavy (non-hydrogen) atoms. The SMILES string of the molecule is CC(OC(=O)c1cc(-c2ccco2)nc2ccccc12)C(=O)c1ccc(NS(C)(=O)=O)cc1. The summed E-state index contributed by atoms with van der Waals surface area (Å²) in [5, 5.41) is 0.591. The Morgan fingerprint density at radius 1 is 1.03 bits per heavy atom. The Bertz CT molecular complexity index is 1430. The first kappa shape index (κ1) is 22.2. The first-order valence-corrected chi connectivity index (χ1v) is 11.9. The Morgan fingerprint density at radius 3 is 2.42 bits per heavy atom. The van der Waals surface area contributed by atoms with Crippen LogP contribution in [-0.4, -0.2) is 37.5 Å². The molecule has 0 spiro atoms. The lowest BCUT2D eigenvalue weighted by atomic mass is 10.1. The summed E-state index contributed by atoms with van der Waals surface area (Å²) in [7, 11) is -3.43. The second-order valence-electron chi connectivity index (χ2n) is 7.41. The van der Waals surface area contributed by atoms with Crippen molar-refractivity contribution < 1.29 is 27.2 Å². The second-order valence-corrected chi connectivity index (χ2v) is 9.16. The Hall–Kier alpha value is -3.98. The van der Waals surface area contributed by atoms with Crippen molar-refractivity contribution in [1.29, 1.82) is 0 Å². The van der Waals surface area contributed by atoms with Crippen LogP contribution in [0.25, 0.3) is 22.4 Å². The van der Waals surface area contributed by atoms with Crippen LogP contribution >= 0.6 is 0 Å². The summed E-state index contributed by atoms with van der Waals surface area (Å²) >= 11 is 0. The number of para-hydroxylation sites is 1. The van der Waals surface area contributed by atoms with Gasteiger partial charge in [0.1, 0.15) is 5.69 Å². The van der Waals surface area contributed by atoms with Gasteiger partial charge in [-0.05, 0) is 55.5 Å². The highest BCUT2D eigenvalue weighted by Gasteiger charge is 2.23. The quantitative estimate of drug-likeness (QED) is 0.320. The molecule has 0 radical (unpaired) electrons. The highest BCUT2D eigenvalue weighted by molar-refractivity contribution is 7.92. The number of esters is 1. The van der Waals surface area contributed by atoms with Crippen molar-refractivity contribution in [3.8, 4) is 11.5 Å². The van der Waals surface area contributed by atoms with Crippen LogP contribution in [0, 0.1) is 0 Å². The van der Waals surface area contributed by atoms with Crippen molar-refractivity contribution in [3.63, 3.8) is 0 Å². The predicted molar refractivity (Wildman–Crippen MR) is 124 cm³/mol. The zero-order valence-corrected chi connectivity index (χ0v) is 18.6. The minimum Gasteiger partial charge on any atom is -0.463 e. The zero-order valence-electron chi connectivity index (χ0n) is 17.8. The van der Waals surface area contributed by atoms with Crippen LogP contribution in [0.2, 0.25) is 0 Å². The summed E-state index contributed by atoms with van der Waals surface area (Å²) < 4.78 is 35.9. The maximum Gasteiger partial charge on any atom is 0.339 e. The van der Waals surface area contributed by atoms with Crippen molar-refractivity contribution in [1.82, 2.24) is 4.98 Å². The summed E-state index contributed by atoms with van der Waals surface area (Å²) in [5.74, 6) is -0.585. The van der Waals surface area contributed by atoms with Crippen LogP contribution in [0.5, 0.6) is 0 Å². The summed E-state index contributed by atoms with van der Waals surface area (Å²) in [5.41, 5.74) is 1.93. The number of hydrogen-bond acceptors (Lipinski definition) is 7. The molecule has 1 atom stereocenters. The lowest BCUT2D eigenvalue weighted by molar-refractivity contribution is 0.0320. The monoisotopic (exact) mass is 464 g/mol. The molecule has 0 saturated carbocycles. The van der Waals surface area contributed by atoms with E-state index in [0.717, 1.165) is 6.26 Å². The van der Waals surface area contributed by atoms with Gasteiger partial charge in [0.2, 0.25) is 15.8 Å². The molecule has 2 aromatic carbocycles. The largest absolute Gasteiger partial charge is 0.463 e. The van der Waals surface area contributed by atoms with Crippen molar-refractivity contribution in [3.05, 3.63) is 84.1 Å². The van der Waals surface area contributed by atoms with E-state index in [1.807, 2.05) is 6.07 Å². The molecule has 2 heterocycles. The molecule has 0 aliphatic carbocycles. The third-order valence-corrected chi connectivity index (χ3v) is 5.44. The summed E-state index contributed by atoms with van der Waals surface area (Å²) in [4.78, 5) is 30.3. The molecule has 0 aliphatic rings. The molecule has 0 fully saturated rings. The number of anilines is 1. The Kier molecular flexibility index (Phi) is 5.97. The average Bonchev–Trinajstić information content (AvgIpc) is 3.32. The van der Waals surface area contributed by atoms with Gasteiger partial charge in [-0.15, -0.1) is 0 Å². The number of pyridine rings is 1. The smallest absolute Gasteiger partial charge is 0.339 e. The number of hydrogen-bond donors (Lipinski definition) is 1. The van der Waals surface area contributed by atoms with E-state index in [0.29, 0.717) is 28.0 Å². The van der Waals surface area contributed by atoms with Gasteiger partial charge in [0.15, 0.2) is 11.9 Å². The van der Waals surface area contributed by atoms with Gasteiger partial charge >= 0.3 is 5.97 Å². The first-order chi connectivity index (χ1) is 15.7. The number of furan rings is 1. The number of aromatic nitrogens is 1. The number of ketones is 1. The van der Waals surface area contributed by atoms with Crippen LogP contribution in [0.15, 0.2) is 77.4 Å². The topological polar surface area (TPSA) is 116 Å². The molecule has 0 bridgehead atoms. The average molecular weight is 464 g/mol. The highest BCUT2D eigenvalue weighted by Crippen LogP contribution is 2.26. The van der Waals surface area contributed by atoms with E-state index in [1.165, 1.54) is 37.5 Å². The van der Waals surface area contributed by atoms with Crippen LogP contribution in [0.4, 0.5) is 5.69 Å². The molecule has 4 aromatic rings.